The number of rotatable bonds is 4. The van der Waals surface area contributed by atoms with Crippen molar-refractivity contribution >= 4 is 44.0 Å². The molecule has 0 amide bonds. The van der Waals surface area contributed by atoms with Crippen LogP contribution in [-0.4, -0.2) is 36.4 Å². The summed E-state index contributed by atoms with van der Waals surface area (Å²) in [5.41, 5.74) is 2.71. The molecule has 0 radical (unpaired) electrons. The molecule has 124 valence electrons. The lowest BCUT2D eigenvalue weighted by Gasteiger charge is -2.33. The van der Waals surface area contributed by atoms with E-state index in [4.69, 9.17) is 9.73 Å². The van der Waals surface area contributed by atoms with Crippen molar-refractivity contribution in [2.24, 2.45) is 10.9 Å². The maximum absolute atomic E-state index is 5.99. The maximum atomic E-state index is 5.99. The summed E-state index contributed by atoms with van der Waals surface area (Å²) in [5.74, 6) is 0.665. The molecule has 1 unspecified atom stereocenters. The zero-order valence-electron chi connectivity index (χ0n) is 13.7. The lowest BCUT2D eigenvalue weighted by Crippen LogP contribution is -2.30. The van der Waals surface area contributed by atoms with Gasteiger partial charge in [0.15, 0.2) is 5.17 Å². The molecule has 1 aromatic carbocycles. The van der Waals surface area contributed by atoms with Crippen molar-refractivity contribution in [3.63, 3.8) is 0 Å². The van der Waals surface area contributed by atoms with Crippen molar-refractivity contribution in [3.05, 3.63) is 40.1 Å². The predicted octanol–water partition coefficient (Wildman–Crippen LogP) is 4.80. The first-order valence-corrected chi connectivity index (χ1v) is 10.3. The van der Waals surface area contributed by atoms with E-state index in [9.17, 15) is 0 Å². The third-order valence-corrected chi connectivity index (χ3v) is 7.47. The molecule has 0 N–H and O–H groups in total. The average molecular weight is 357 g/mol. The van der Waals surface area contributed by atoms with E-state index in [0.29, 0.717) is 5.92 Å². The van der Waals surface area contributed by atoms with Gasteiger partial charge in [-0.2, -0.15) is 0 Å². The van der Waals surface area contributed by atoms with Gasteiger partial charge in [0.1, 0.15) is 0 Å². The number of hydrogen-bond acceptors (Lipinski definition) is 5. The highest BCUT2D eigenvalue weighted by molar-refractivity contribution is 8.17. The number of amidine groups is 1. The summed E-state index contributed by atoms with van der Waals surface area (Å²) in [6.07, 6.45) is 4.12. The van der Waals surface area contributed by atoms with E-state index in [0.717, 1.165) is 18.3 Å². The van der Waals surface area contributed by atoms with Gasteiger partial charge < -0.3 is 9.64 Å². The summed E-state index contributed by atoms with van der Waals surface area (Å²) in [7, 11) is 1.87. The number of hydrogen-bond donors (Lipinski definition) is 0. The molecule has 3 heterocycles. The number of thioether (sulfide) groups is 1. The smallest absolute Gasteiger partial charge is 0.168 e. The van der Waals surface area contributed by atoms with Crippen molar-refractivity contribution in [1.82, 2.24) is 4.90 Å². The van der Waals surface area contributed by atoms with E-state index in [1.54, 1.807) is 0 Å². The van der Waals surface area contributed by atoms with E-state index in [1.807, 2.05) is 30.2 Å². The molecular weight excluding hydrogens is 336 g/mol. The van der Waals surface area contributed by atoms with Crippen LogP contribution in [0.3, 0.4) is 0 Å². The Morgan fingerprint density at radius 1 is 1.29 bits per heavy atom. The molecule has 3 nitrogen and oxygen atoms in total. The topological polar surface area (TPSA) is 24.8 Å². The van der Waals surface area contributed by atoms with Crippen molar-refractivity contribution in [2.45, 2.75) is 25.4 Å². The Morgan fingerprint density at radius 2 is 2.17 bits per heavy atom. The van der Waals surface area contributed by atoms with E-state index < -0.39 is 0 Å². The lowest BCUT2D eigenvalue weighted by molar-refractivity contribution is 0.0512. The quantitative estimate of drug-likeness (QED) is 0.786. The highest BCUT2D eigenvalue weighted by Crippen LogP contribution is 2.49. The van der Waals surface area contributed by atoms with Crippen molar-refractivity contribution in [3.8, 4) is 0 Å². The Kier molecular flexibility index (Phi) is 3.69. The van der Waals surface area contributed by atoms with Crippen molar-refractivity contribution < 1.29 is 4.74 Å². The fourth-order valence-corrected chi connectivity index (χ4v) is 6.20. The van der Waals surface area contributed by atoms with Gasteiger partial charge in [-0.25, -0.2) is 0 Å². The van der Waals surface area contributed by atoms with Gasteiger partial charge in [0, 0.05) is 39.6 Å². The fourth-order valence-electron chi connectivity index (χ4n) is 3.89. The number of aliphatic imine (C=N–C) groups is 1. The summed E-state index contributed by atoms with van der Waals surface area (Å²) in [6.45, 7) is 1.90. The molecule has 24 heavy (non-hydrogen) atoms. The van der Waals surface area contributed by atoms with Crippen molar-refractivity contribution in [2.75, 3.05) is 20.2 Å². The number of ether oxygens (including phenoxy) is 1. The largest absolute Gasteiger partial charge is 0.376 e. The van der Waals surface area contributed by atoms with E-state index in [2.05, 4.69) is 34.5 Å². The van der Waals surface area contributed by atoms with Crippen molar-refractivity contribution in [1.29, 1.82) is 0 Å². The standard InChI is InChI=1S/C19H20N2OS2/c1-22-17(12-5-4-6-12)18-16(21-10-9-20-19(21)24-18)14-11-23-15-8-3-2-7-13(14)15/h2-3,7-8,11-12,17H,4-6,9-10H2,1H3. The zero-order valence-corrected chi connectivity index (χ0v) is 15.3. The van der Waals surface area contributed by atoms with Crippen LogP contribution >= 0.6 is 23.1 Å². The Balaban J connectivity index is 1.67. The summed E-state index contributed by atoms with van der Waals surface area (Å²) < 4.78 is 7.34. The summed E-state index contributed by atoms with van der Waals surface area (Å²) in [6, 6.07) is 8.72. The molecule has 2 aromatic rings. The Morgan fingerprint density at radius 3 is 2.96 bits per heavy atom. The number of nitrogens with zero attached hydrogens (tertiary/aromatic N) is 2. The first-order chi connectivity index (χ1) is 11.9. The molecule has 5 rings (SSSR count). The molecule has 2 aliphatic heterocycles. The molecule has 1 saturated carbocycles. The maximum Gasteiger partial charge on any atom is 0.168 e. The first-order valence-electron chi connectivity index (χ1n) is 8.60. The van der Waals surface area contributed by atoms with Crippen LogP contribution in [0.4, 0.5) is 0 Å². The third-order valence-electron chi connectivity index (χ3n) is 5.33. The SMILES string of the molecule is COC(C1=C(c2csc3ccccc23)N2CCN=C2S1)C1CCC1. The van der Waals surface area contributed by atoms with Crippen LogP contribution in [0.15, 0.2) is 39.5 Å². The first kappa shape index (κ1) is 15.0. The number of fused-ring (bicyclic) bond motifs is 2. The monoisotopic (exact) mass is 356 g/mol. The molecular formula is C19H20N2OS2. The second-order valence-electron chi connectivity index (χ2n) is 6.62. The molecule has 3 aliphatic rings. The van der Waals surface area contributed by atoms with Crippen LogP contribution in [0.5, 0.6) is 0 Å². The predicted molar refractivity (Wildman–Crippen MR) is 103 cm³/mol. The molecule has 0 bridgehead atoms. The third kappa shape index (κ3) is 2.18. The molecule has 1 aliphatic carbocycles. The van der Waals surface area contributed by atoms with E-state index in [-0.39, 0.29) is 6.10 Å². The highest BCUT2D eigenvalue weighted by atomic mass is 32.2. The molecule has 1 aromatic heterocycles. The molecule has 1 fully saturated rings. The normalized spacial score (nSPS) is 22.0. The van der Waals surface area contributed by atoms with Gasteiger partial charge in [-0.3, -0.25) is 4.99 Å². The lowest BCUT2D eigenvalue weighted by atomic mass is 9.80. The van der Waals surface area contributed by atoms with Crippen LogP contribution in [0, 0.1) is 5.92 Å². The van der Waals surface area contributed by atoms with Crippen LogP contribution in [0.2, 0.25) is 0 Å². The van der Waals surface area contributed by atoms with E-state index >= 15 is 0 Å². The molecule has 0 spiro atoms. The van der Waals surface area contributed by atoms with Gasteiger partial charge >= 0.3 is 0 Å². The van der Waals surface area contributed by atoms with Gasteiger partial charge in [0.25, 0.3) is 0 Å². The van der Waals surface area contributed by atoms with Gasteiger partial charge in [-0.1, -0.05) is 36.4 Å². The Bertz CT molecular complexity index is 850. The summed E-state index contributed by atoms with van der Waals surface area (Å²) >= 11 is 3.68. The zero-order chi connectivity index (χ0) is 16.1. The van der Waals surface area contributed by atoms with Crippen LogP contribution in [-0.2, 0) is 4.74 Å². The van der Waals surface area contributed by atoms with Gasteiger partial charge in [-0.15, -0.1) is 11.3 Å². The van der Waals surface area contributed by atoms with Crippen LogP contribution in [0.25, 0.3) is 15.8 Å². The van der Waals surface area contributed by atoms with Crippen LogP contribution in [0.1, 0.15) is 24.8 Å². The second-order valence-corrected chi connectivity index (χ2v) is 8.54. The highest BCUT2D eigenvalue weighted by Gasteiger charge is 2.41. The molecule has 1 atom stereocenters. The fraction of sp³-hybridized carbons (Fsp3) is 0.421. The van der Waals surface area contributed by atoms with Crippen LogP contribution < -0.4 is 0 Å². The number of thiophene rings is 1. The Hall–Kier alpha value is -1.30. The average Bonchev–Trinajstić information content (AvgIpc) is 3.24. The summed E-state index contributed by atoms with van der Waals surface area (Å²) in [4.78, 5) is 8.51. The minimum atomic E-state index is 0.214. The Labute approximate surface area is 150 Å². The number of benzene rings is 1. The minimum Gasteiger partial charge on any atom is -0.376 e. The second kappa shape index (κ2) is 5.90. The number of methoxy groups -OCH3 is 1. The van der Waals surface area contributed by atoms with Gasteiger partial charge in [-0.05, 0) is 24.8 Å². The van der Waals surface area contributed by atoms with Gasteiger partial charge in [0.05, 0.1) is 18.3 Å². The molecule has 5 heteroatoms. The summed E-state index contributed by atoms with van der Waals surface area (Å²) in [5, 5.41) is 4.83. The van der Waals surface area contributed by atoms with Gasteiger partial charge in [0.2, 0.25) is 0 Å². The molecule has 0 saturated heterocycles. The minimum absolute atomic E-state index is 0.214. The van der Waals surface area contributed by atoms with E-state index in [1.165, 1.54) is 45.5 Å².